The minimum atomic E-state index is 0.591. The average Bonchev–Trinajstić information content (AvgIpc) is 2.69. The Morgan fingerprint density at radius 2 is 2.26 bits per heavy atom. The Labute approximate surface area is 124 Å². The Hall–Kier alpha value is -0.610. The largest absolute Gasteiger partial charge is 0.353 e. The Kier molecular flexibility index (Phi) is 5.22. The van der Waals surface area contributed by atoms with Crippen molar-refractivity contribution in [3.63, 3.8) is 0 Å². The van der Waals surface area contributed by atoms with E-state index in [1.807, 2.05) is 6.20 Å². The van der Waals surface area contributed by atoms with E-state index in [0.717, 1.165) is 42.3 Å². The molecule has 1 fully saturated rings. The van der Waals surface area contributed by atoms with Crippen LogP contribution in [-0.4, -0.2) is 24.1 Å². The van der Waals surface area contributed by atoms with E-state index in [-0.39, 0.29) is 0 Å². The summed E-state index contributed by atoms with van der Waals surface area (Å²) < 4.78 is 1.06. The standard InChI is InChI=1S/C15H24BrN3/c1-4-5-17-8-13-7-14(16)9-18-15(13)19-10-11(2)6-12(19)3/h7,9,11-12,17H,4-6,8,10H2,1-3H3. The SMILES string of the molecule is CCCNCc1cc(Br)cnc1N1CC(C)CC1C. The Morgan fingerprint density at radius 1 is 1.47 bits per heavy atom. The van der Waals surface area contributed by atoms with Gasteiger partial charge in [-0.15, -0.1) is 0 Å². The lowest BCUT2D eigenvalue weighted by Crippen LogP contribution is -2.29. The van der Waals surface area contributed by atoms with E-state index in [4.69, 9.17) is 0 Å². The van der Waals surface area contributed by atoms with Crippen LogP contribution in [0.4, 0.5) is 5.82 Å². The maximum Gasteiger partial charge on any atom is 0.133 e. The highest BCUT2D eigenvalue weighted by Crippen LogP contribution is 2.30. The molecule has 19 heavy (non-hydrogen) atoms. The summed E-state index contributed by atoms with van der Waals surface area (Å²) in [5, 5.41) is 3.48. The molecule has 0 spiro atoms. The molecule has 3 nitrogen and oxygen atoms in total. The summed E-state index contributed by atoms with van der Waals surface area (Å²) in [6.45, 7) is 9.89. The van der Waals surface area contributed by atoms with Crippen LogP contribution in [0.5, 0.6) is 0 Å². The molecule has 1 aromatic heterocycles. The van der Waals surface area contributed by atoms with E-state index in [9.17, 15) is 0 Å². The number of rotatable bonds is 5. The van der Waals surface area contributed by atoms with E-state index >= 15 is 0 Å². The lowest BCUT2D eigenvalue weighted by molar-refractivity contribution is 0.624. The number of aromatic nitrogens is 1. The molecule has 2 heterocycles. The summed E-state index contributed by atoms with van der Waals surface area (Å²) in [6.07, 6.45) is 4.34. The van der Waals surface area contributed by atoms with E-state index < -0.39 is 0 Å². The molecule has 0 aliphatic carbocycles. The molecule has 1 N–H and O–H groups in total. The third-order valence-corrected chi connectivity index (χ3v) is 4.14. The van der Waals surface area contributed by atoms with Crippen molar-refractivity contribution >= 4 is 21.7 Å². The van der Waals surface area contributed by atoms with Gasteiger partial charge in [-0.2, -0.15) is 0 Å². The van der Waals surface area contributed by atoms with Gasteiger partial charge in [0.15, 0.2) is 0 Å². The van der Waals surface area contributed by atoms with Crippen molar-refractivity contribution < 1.29 is 0 Å². The van der Waals surface area contributed by atoms with E-state index in [1.54, 1.807) is 0 Å². The van der Waals surface area contributed by atoms with Crippen molar-refractivity contribution in [1.82, 2.24) is 10.3 Å². The maximum atomic E-state index is 4.66. The summed E-state index contributed by atoms with van der Waals surface area (Å²) >= 11 is 3.53. The Morgan fingerprint density at radius 3 is 2.89 bits per heavy atom. The van der Waals surface area contributed by atoms with Gasteiger partial charge in [-0.1, -0.05) is 13.8 Å². The second kappa shape index (κ2) is 6.71. The summed E-state index contributed by atoms with van der Waals surface area (Å²) in [5.74, 6) is 1.92. The van der Waals surface area contributed by atoms with Crippen LogP contribution in [-0.2, 0) is 6.54 Å². The number of anilines is 1. The molecule has 1 aromatic rings. The van der Waals surface area contributed by atoms with Crippen molar-refractivity contribution in [3.8, 4) is 0 Å². The molecule has 1 aliphatic heterocycles. The highest BCUT2D eigenvalue weighted by molar-refractivity contribution is 9.10. The molecule has 0 amide bonds. The molecule has 2 unspecified atom stereocenters. The highest BCUT2D eigenvalue weighted by Gasteiger charge is 2.28. The molecular formula is C15H24BrN3. The molecule has 0 bridgehead atoms. The van der Waals surface area contributed by atoms with Gasteiger partial charge < -0.3 is 10.2 Å². The monoisotopic (exact) mass is 325 g/mol. The van der Waals surface area contributed by atoms with Gasteiger partial charge in [0.05, 0.1) is 0 Å². The van der Waals surface area contributed by atoms with Crippen LogP contribution in [0.2, 0.25) is 0 Å². The van der Waals surface area contributed by atoms with Gasteiger partial charge in [0.25, 0.3) is 0 Å². The van der Waals surface area contributed by atoms with E-state index in [2.05, 4.69) is 58.0 Å². The first-order valence-electron chi connectivity index (χ1n) is 7.23. The van der Waals surface area contributed by atoms with Crippen molar-refractivity contribution in [2.45, 2.75) is 46.2 Å². The van der Waals surface area contributed by atoms with Crippen LogP contribution in [0.15, 0.2) is 16.7 Å². The minimum absolute atomic E-state index is 0.591. The molecule has 0 radical (unpaired) electrons. The average molecular weight is 326 g/mol. The Bertz CT molecular complexity index is 422. The van der Waals surface area contributed by atoms with Crippen molar-refractivity contribution in [2.75, 3.05) is 18.0 Å². The number of pyridine rings is 1. The Balaban J connectivity index is 2.18. The third kappa shape index (κ3) is 3.69. The van der Waals surface area contributed by atoms with Gasteiger partial charge in [0, 0.05) is 35.4 Å². The van der Waals surface area contributed by atoms with Crippen molar-refractivity contribution in [1.29, 1.82) is 0 Å². The fourth-order valence-corrected chi connectivity index (χ4v) is 3.24. The van der Waals surface area contributed by atoms with Gasteiger partial charge in [-0.3, -0.25) is 0 Å². The van der Waals surface area contributed by atoms with Crippen LogP contribution in [0.1, 0.15) is 39.2 Å². The molecule has 4 heteroatoms. The highest BCUT2D eigenvalue weighted by atomic mass is 79.9. The number of hydrogen-bond donors (Lipinski definition) is 1. The van der Waals surface area contributed by atoms with Gasteiger partial charge in [-0.05, 0) is 54.2 Å². The first kappa shape index (κ1) is 14.8. The van der Waals surface area contributed by atoms with E-state index in [1.165, 1.54) is 12.0 Å². The quantitative estimate of drug-likeness (QED) is 0.839. The van der Waals surface area contributed by atoms with E-state index in [0.29, 0.717) is 6.04 Å². The molecule has 2 rings (SSSR count). The fourth-order valence-electron chi connectivity index (χ4n) is 2.86. The van der Waals surface area contributed by atoms with Crippen LogP contribution in [0.25, 0.3) is 0 Å². The number of nitrogens with one attached hydrogen (secondary N) is 1. The van der Waals surface area contributed by atoms with Crippen molar-refractivity contribution in [2.24, 2.45) is 5.92 Å². The smallest absolute Gasteiger partial charge is 0.133 e. The molecule has 2 atom stereocenters. The first-order valence-corrected chi connectivity index (χ1v) is 8.03. The fraction of sp³-hybridized carbons (Fsp3) is 0.667. The van der Waals surface area contributed by atoms with Crippen LogP contribution in [0.3, 0.4) is 0 Å². The summed E-state index contributed by atoms with van der Waals surface area (Å²) in [5.41, 5.74) is 1.30. The molecule has 0 saturated carbocycles. The van der Waals surface area contributed by atoms with Crippen molar-refractivity contribution in [3.05, 3.63) is 22.3 Å². The lowest BCUT2D eigenvalue weighted by atomic mass is 10.1. The summed E-state index contributed by atoms with van der Waals surface area (Å²) in [6, 6.07) is 2.79. The van der Waals surface area contributed by atoms with Gasteiger partial charge >= 0.3 is 0 Å². The summed E-state index contributed by atoms with van der Waals surface area (Å²) in [4.78, 5) is 7.12. The number of halogens is 1. The van der Waals surface area contributed by atoms with Gasteiger partial charge in [0.1, 0.15) is 5.82 Å². The number of nitrogens with zero attached hydrogens (tertiary/aromatic N) is 2. The minimum Gasteiger partial charge on any atom is -0.353 e. The molecule has 0 aromatic carbocycles. The molecule has 1 saturated heterocycles. The molecule has 106 valence electrons. The first-order chi connectivity index (χ1) is 9.11. The molecule has 1 aliphatic rings. The van der Waals surface area contributed by atoms with Gasteiger partial charge in [0.2, 0.25) is 0 Å². The summed E-state index contributed by atoms with van der Waals surface area (Å²) in [7, 11) is 0. The maximum absolute atomic E-state index is 4.66. The van der Waals surface area contributed by atoms with Crippen LogP contribution in [0, 0.1) is 5.92 Å². The van der Waals surface area contributed by atoms with Crippen LogP contribution < -0.4 is 10.2 Å². The zero-order chi connectivity index (χ0) is 13.8. The molecular weight excluding hydrogens is 302 g/mol. The number of hydrogen-bond acceptors (Lipinski definition) is 3. The third-order valence-electron chi connectivity index (χ3n) is 3.71. The topological polar surface area (TPSA) is 28.2 Å². The second-order valence-electron chi connectivity index (χ2n) is 5.66. The zero-order valence-electron chi connectivity index (χ0n) is 12.1. The lowest BCUT2D eigenvalue weighted by Gasteiger charge is -2.25. The normalized spacial score (nSPS) is 23.1. The zero-order valence-corrected chi connectivity index (χ0v) is 13.7. The van der Waals surface area contributed by atoms with Crippen LogP contribution >= 0.6 is 15.9 Å². The van der Waals surface area contributed by atoms with Gasteiger partial charge in [-0.25, -0.2) is 4.98 Å². The second-order valence-corrected chi connectivity index (χ2v) is 6.57. The predicted octanol–water partition coefficient (Wildman–Crippen LogP) is 3.58. The predicted molar refractivity (Wildman–Crippen MR) is 84.5 cm³/mol.